The van der Waals surface area contributed by atoms with Crippen LogP contribution in [-0.2, 0) is 4.79 Å². The Bertz CT molecular complexity index is 491. The second kappa shape index (κ2) is 5.91. The SMILES string of the molecule is CCC(=O)C(C)NC(=O)c1cc(F)c(Cl)cc1F. The van der Waals surface area contributed by atoms with Gasteiger partial charge >= 0.3 is 0 Å². The lowest BCUT2D eigenvalue weighted by Crippen LogP contribution is -2.38. The predicted molar refractivity (Wildman–Crippen MR) is 63.6 cm³/mol. The summed E-state index contributed by atoms with van der Waals surface area (Å²) in [5.41, 5.74) is -0.479. The molecule has 0 bridgehead atoms. The summed E-state index contributed by atoms with van der Waals surface area (Å²) < 4.78 is 26.6. The van der Waals surface area contributed by atoms with E-state index in [-0.39, 0.29) is 12.2 Å². The number of halogens is 3. The highest BCUT2D eigenvalue weighted by molar-refractivity contribution is 6.30. The van der Waals surface area contributed by atoms with Gasteiger partial charge in [-0.2, -0.15) is 0 Å². The van der Waals surface area contributed by atoms with Crippen molar-refractivity contribution in [3.8, 4) is 0 Å². The molecule has 6 heteroatoms. The van der Waals surface area contributed by atoms with E-state index < -0.39 is 34.2 Å². The molecule has 1 aromatic carbocycles. The van der Waals surface area contributed by atoms with Crippen LogP contribution in [0.1, 0.15) is 30.6 Å². The number of carbonyl (C=O) groups excluding carboxylic acids is 2. The molecule has 1 amide bonds. The highest BCUT2D eigenvalue weighted by Gasteiger charge is 2.19. The van der Waals surface area contributed by atoms with Gasteiger partial charge in [0.2, 0.25) is 0 Å². The summed E-state index contributed by atoms with van der Waals surface area (Å²) >= 11 is 5.37. The third-order valence-corrected chi connectivity index (χ3v) is 2.72. The first kappa shape index (κ1) is 14.6. The van der Waals surface area contributed by atoms with Gasteiger partial charge in [-0.3, -0.25) is 9.59 Å². The van der Waals surface area contributed by atoms with Crippen molar-refractivity contribution >= 4 is 23.3 Å². The summed E-state index contributed by atoms with van der Waals surface area (Å²) in [6, 6.07) is 0.675. The molecule has 0 radical (unpaired) electrons. The van der Waals surface area contributed by atoms with E-state index in [2.05, 4.69) is 5.32 Å². The Hall–Kier alpha value is -1.49. The van der Waals surface area contributed by atoms with E-state index in [4.69, 9.17) is 11.6 Å². The molecule has 1 unspecified atom stereocenters. The minimum atomic E-state index is -0.935. The van der Waals surface area contributed by atoms with E-state index in [9.17, 15) is 18.4 Å². The highest BCUT2D eigenvalue weighted by atomic mass is 35.5. The van der Waals surface area contributed by atoms with Gasteiger partial charge in [0.15, 0.2) is 5.78 Å². The largest absolute Gasteiger partial charge is 0.342 e. The summed E-state index contributed by atoms with van der Waals surface area (Å²) in [6.45, 7) is 3.13. The summed E-state index contributed by atoms with van der Waals surface area (Å²) in [5.74, 6) is -2.87. The van der Waals surface area contributed by atoms with Crippen molar-refractivity contribution in [3.05, 3.63) is 34.4 Å². The lowest BCUT2D eigenvalue weighted by Gasteiger charge is -2.12. The first-order chi connectivity index (χ1) is 8.36. The van der Waals surface area contributed by atoms with Crippen molar-refractivity contribution < 1.29 is 18.4 Å². The van der Waals surface area contributed by atoms with Crippen LogP contribution in [0, 0.1) is 11.6 Å². The molecule has 0 heterocycles. The number of Topliss-reactive ketones (excluding diaryl/α,β-unsaturated/α-hetero) is 1. The van der Waals surface area contributed by atoms with Crippen molar-refractivity contribution in [3.63, 3.8) is 0 Å². The second-order valence-corrected chi connectivity index (χ2v) is 4.17. The van der Waals surface area contributed by atoms with Gasteiger partial charge in [-0.1, -0.05) is 18.5 Å². The normalized spacial score (nSPS) is 12.1. The zero-order valence-electron chi connectivity index (χ0n) is 9.89. The maximum atomic E-state index is 13.4. The molecule has 0 saturated carbocycles. The fourth-order valence-electron chi connectivity index (χ4n) is 1.36. The minimum absolute atomic E-state index is 0.196. The molecule has 0 aliphatic rings. The smallest absolute Gasteiger partial charge is 0.254 e. The fourth-order valence-corrected chi connectivity index (χ4v) is 1.51. The molecular formula is C12H12ClF2NO2. The first-order valence-corrected chi connectivity index (χ1v) is 5.72. The fraction of sp³-hybridized carbons (Fsp3) is 0.333. The standard InChI is InChI=1S/C12H12ClF2NO2/c1-3-11(17)6(2)16-12(18)7-4-10(15)8(13)5-9(7)14/h4-6H,3H2,1-2H3,(H,16,18). The highest BCUT2D eigenvalue weighted by Crippen LogP contribution is 2.19. The predicted octanol–water partition coefficient (Wildman–Crippen LogP) is 2.72. The molecule has 3 nitrogen and oxygen atoms in total. The van der Waals surface area contributed by atoms with Crippen LogP contribution >= 0.6 is 11.6 Å². The van der Waals surface area contributed by atoms with Gasteiger partial charge in [-0.05, 0) is 19.1 Å². The third-order valence-electron chi connectivity index (χ3n) is 2.43. The zero-order chi connectivity index (χ0) is 13.9. The minimum Gasteiger partial charge on any atom is -0.342 e. The maximum Gasteiger partial charge on any atom is 0.254 e. The number of benzene rings is 1. The lowest BCUT2D eigenvalue weighted by atomic mass is 10.1. The summed E-state index contributed by atoms with van der Waals surface area (Å²) in [7, 11) is 0. The van der Waals surface area contributed by atoms with Gasteiger partial charge in [0.1, 0.15) is 11.6 Å². The molecule has 98 valence electrons. The number of rotatable bonds is 4. The molecule has 0 aliphatic heterocycles. The van der Waals surface area contributed by atoms with Crippen molar-refractivity contribution in [1.82, 2.24) is 5.32 Å². The van der Waals surface area contributed by atoms with Crippen LogP contribution in [0.25, 0.3) is 0 Å². The molecule has 1 rings (SSSR count). The lowest BCUT2D eigenvalue weighted by molar-refractivity contribution is -0.120. The van der Waals surface area contributed by atoms with Crippen LogP contribution in [0.4, 0.5) is 8.78 Å². The number of carbonyl (C=O) groups is 2. The number of hydrogen-bond acceptors (Lipinski definition) is 2. The Morgan fingerprint density at radius 2 is 1.94 bits per heavy atom. The molecule has 0 aromatic heterocycles. The topological polar surface area (TPSA) is 46.2 Å². The average molecular weight is 276 g/mol. The van der Waals surface area contributed by atoms with Gasteiger partial charge in [-0.25, -0.2) is 8.78 Å². The number of nitrogens with one attached hydrogen (secondary N) is 1. The van der Waals surface area contributed by atoms with Crippen LogP contribution in [0.5, 0.6) is 0 Å². The average Bonchev–Trinajstić information content (AvgIpc) is 2.32. The van der Waals surface area contributed by atoms with Crippen LogP contribution in [0.15, 0.2) is 12.1 Å². The Morgan fingerprint density at radius 3 is 2.50 bits per heavy atom. The molecule has 1 atom stereocenters. The molecule has 0 spiro atoms. The summed E-state index contributed by atoms with van der Waals surface area (Å²) in [6.07, 6.45) is 0.249. The Balaban J connectivity index is 2.91. The van der Waals surface area contributed by atoms with Gasteiger partial charge in [0.05, 0.1) is 16.6 Å². The monoisotopic (exact) mass is 275 g/mol. The quantitative estimate of drug-likeness (QED) is 0.859. The van der Waals surface area contributed by atoms with Crippen LogP contribution in [0.3, 0.4) is 0 Å². The van der Waals surface area contributed by atoms with Crippen molar-refractivity contribution in [2.45, 2.75) is 26.3 Å². The zero-order valence-corrected chi connectivity index (χ0v) is 10.6. The number of ketones is 1. The van der Waals surface area contributed by atoms with Crippen LogP contribution in [0.2, 0.25) is 5.02 Å². The van der Waals surface area contributed by atoms with E-state index in [0.29, 0.717) is 6.07 Å². The van der Waals surface area contributed by atoms with E-state index in [1.165, 1.54) is 6.92 Å². The van der Waals surface area contributed by atoms with Gasteiger partial charge in [0, 0.05) is 6.42 Å². The van der Waals surface area contributed by atoms with Gasteiger partial charge in [0.25, 0.3) is 5.91 Å². The van der Waals surface area contributed by atoms with E-state index in [1.54, 1.807) is 6.92 Å². The molecule has 18 heavy (non-hydrogen) atoms. The van der Waals surface area contributed by atoms with Gasteiger partial charge < -0.3 is 5.32 Å². The molecule has 0 aliphatic carbocycles. The van der Waals surface area contributed by atoms with E-state index >= 15 is 0 Å². The first-order valence-electron chi connectivity index (χ1n) is 5.35. The number of amides is 1. The summed E-state index contributed by atoms with van der Waals surface area (Å²) in [4.78, 5) is 22.9. The van der Waals surface area contributed by atoms with E-state index in [1.807, 2.05) is 0 Å². The number of hydrogen-bond donors (Lipinski definition) is 1. The molecule has 0 saturated heterocycles. The van der Waals surface area contributed by atoms with E-state index in [0.717, 1.165) is 6.07 Å². The Kier molecular flexibility index (Phi) is 4.78. The Morgan fingerprint density at radius 1 is 1.33 bits per heavy atom. The second-order valence-electron chi connectivity index (χ2n) is 3.76. The van der Waals surface area contributed by atoms with Gasteiger partial charge in [-0.15, -0.1) is 0 Å². The summed E-state index contributed by atoms with van der Waals surface area (Å²) in [5, 5.41) is 1.89. The van der Waals surface area contributed by atoms with Crippen molar-refractivity contribution in [1.29, 1.82) is 0 Å². The molecule has 1 aromatic rings. The molecule has 0 fully saturated rings. The Labute approximate surface area is 108 Å². The maximum absolute atomic E-state index is 13.4. The third kappa shape index (κ3) is 3.26. The van der Waals surface area contributed by atoms with Crippen molar-refractivity contribution in [2.24, 2.45) is 0 Å². The van der Waals surface area contributed by atoms with Crippen molar-refractivity contribution in [2.75, 3.05) is 0 Å². The van der Waals surface area contributed by atoms with Crippen LogP contribution in [-0.4, -0.2) is 17.7 Å². The molecule has 1 N–H and O–H groups in total. The molecular weight excluding hydrogens is 264 g/mol. The van der Waals surface area contributed by atoms with Crippen LogP contribution < -0.4 is 5.32 Å².